The lowest BCUT2D eigenvalue weighted by atomic mass is 10.1. The van der Waals surface area contributed by atoms with E-state index in [9.17, 15) is 0 Å². The second-order valence-corrected chi connectivity index (χ2v) is 3.44. The molecule has 1 heterocycles. The summed E-state index contributed by atoms with van der Waals surface area (Å²) in [4.78, 5) is 2.36. The van der Waals surface area contributed by atoms with Gasteiger partial charge in [-0.15, -0.1) is 0 Å². The van der Waals surface area contributed by atoms with Crippen molar-refractivity contribution in [3.63, 3.8) is 0 Å². The molecule has 1 aliphatic heterocycles. The molecule has 2 nitrogen and oxygen atoms in total. The van der Waals surface area contributed by atoms with Crippen LogP contribution in [0.1, 0.15) is 6.42 Å². The minimum atomic E-state index is 0.775. The van der Waals surface area contributed by atoms with Gasteiger partial charge in [0.05, 0.1) is 6.61 Å². The summed E-state index contributed by atoms with van der Waals surface area (Å²) >= 11 is 1.47. The molecule has 1 fully saturated rings. The van der Waals surface area contributed by atoms with E-state index in [0.29, 0.717) is 0 Å². The van der Waals surface area contributed by atoms with Gasteiger partial charge in [0.15, 0.2) is 0 Å². The zero-order valence-corrected chi connectivity index (χ0v) is 7.49. The fraction of sp³-hybridized carbons (Fsp3) is 1.00. The lowest BCUT2D eigenvalue weighted by Gasteiger charge is -2.08. The highest BCUT2D eigenvalue weighted by Crippen LogP contribution is 2.15. The van der Waals surface area contributed by atoms with Crippen LogP contribution in [0.2, 0.25) is 0 Å². The molecule has 60 valence electrons. The van der Waals surface area contributed by atoms with Crippen molar-refractivity contribution in [2.45, 2.75) is 6.42 Å². The van der Waals surface area contributed by atoms with Crippen LogP contribution in [0.25, 0.3) is 0 Å². The number of hydrogen-bond donors (Lipinski definition) is 0. The van der Waals surface area contributed by atoms with Crippen LogP contribution in [-0.2, 0) is 4.18 Å². The van der Waals surface area contributed by atoms with Gasteiger partial charge in [-0.1, -0.05) is 0 Å². The highest BCUT2D eigenvalue weighted by Gasteiger charge is 2.18. The monoisotopic (exact) mass is 161 g/mol. The van der Waals surface area contributed by atoms with Gasteiger partial charge in [-0.25, -0.2) is 0 Å². The molecule has 0 aromatic heterocycles. The molecule has 1 atom stereocenters. The third-order valence-corrected chi connectivity index (χ3v) is 2.28. The van der Waals surface area contributed by atoms with Gasteiger partial charge in [-0.05, 0) is 38.0 Å². The lowest BCUT2D eigenvalue weighted by Crippen LogP contribution is -2.15. The van der Waals surface area contributed by atoms with Crippen LogP contribution < -0.4 is 0 Å². The maximum atomic E-state index is 5.26. The van der Waals surface area contributed by atoms with E-state index in [1.807, 2.05) is 6.26 Å². The SMILES string of the molecule is CSOCC1CCN(C)C1. The Balaban J connectivity index is 2.06. The number of nitrogens with zero attached hydrogens (tertiary/aromatic N) is 1. The average Bonchev–Trinajstić information content (AvgIpc) is 2.31. The normalized spacial score (nSPS) is 27.6. The third kappa shape index (κ3) is 2.48. The van der Waals surface area contributed by atoms with Crippen molar-refractivity contribution in [2.75, 3.05) is 33.0 Å². The molecule has 0 saturated carbocycles. The van der Waals surface area contributed by atoms with E-state index in [-0.39, 0.29) is 0 Å². The minimum Gasteiger partial charge on any atom is -0.315 e. The Bertz CT molecular complexity index is 99.6. The molecule has 0 aromatic rings. The molecular weight excluding hydrogens is 146 g/mol. The fourth-order valence-corrected chi connectivity index (χ4v) is 1.66. The molecule has 0 N–H and O–H groups in total. The van der Waals surface area contributed by atoms with E-state index in [0.717, 1.165) is 12.5 Å². The van der Waals surface area contributed by atoms with Crippen molar-refractivity contribution in [1.82, 2.24) is 4.90 Å². The minimum absolute atomic E-state index is 0.775. The summed E-state index contributed by atoms with van der Waals surface area (Å²) in [6, 6.07) is 0. The Labute approximate surface area is 67.1 Å². The highest BCUT2D eigenvalue weighted by molar-refractivity contribution is 7.93. The van der Waals surface area contributed by atoms with Crippen LogP contribution in [0.5, 0.6) is 0 Å². The molecule has 1 saturated heterocycles. The molecule has 1 aliphatic rings. The first-order chi connectivity index (χ1) is 4.83. The second kappa shape index (κ2) is 4.21. The Morgan fingerprint density at radius 3 is 3.00 bits per heavy atom. The van der Waals surface area contributed by atoms with Gasteiger partial charge in [0.25, 0.3) is 0 Å². The molecule has 0 amide bonds. The van der Waals surface area contributed by atoms with Crippen molar-refractivity contribution in [3.05, 3.63) is 0 Å². The van der Waals surface area contributed by atoms with Gasteiger partial charge in [0.2, 0.25) is 0 Å². The van der Waals surface area contributed by atoms with Gasteiger partial charge in [-0.3, -0.25) is 0 Å². The smallest absolute Gasteiger partial charge is 0.0654 e. The van der Waals surface area contributed by atoms with Crippen molar-refractivity contribution >= 4 is 12.0 Å². The quantitative estimate of drug-likeness (QED) is 0.578. The van der Waals surface area contributed by atoms with E-state index in [1.54, 1.807) is 0 Å². The Hall–Kier alpha value is 0.270. The third-order valence-electron chi connectivity index (χ3n) is 1.91. The summed E-state index contributed by atoms with van der Waals surface area (Å²) < 4.78 is 5.26. The van der Waals surface area contributed by atoms with Crippen LogP contribution in [0, 0.1) is 5.92 Å². The van der Waals surface area contributed by atoms with E-state index in [2.05, 4.69) is 11.9 Å². The predicted molar refractivity (Wildman–Crippen MR) is 45.1 cm³/mol. The summed E-state index contributed by atoms with van der Waals surface area (Å²) in [5.41, 5.74) is 0. The van der Waals surface area contributed by atoms with Crippen LogP contribution in [0.3, 0.4) is 0 Å². The Morgan fingerprint density at radius 2 is 2.50 bits per heavy atom. The van der Waals surface area contributed by atoms with Crippen LogP contribution in [0.4, 0.5) is 0 Å². The van der Waals surface area contributed by atoms with Gasteiger partial charge in [0.1, 0.15) is 0 Å². The molecule has 0 radical (unpaired) electrons. The highest BCUT2D eigenvalue weighted by atomic mass is 32.2. The molecule has 1 rings (SSSR count). The van der Waals surface area contributed by atoms with Crippen LogP contribution in [0.15, 0.2) is 0 Å². The summed E-state index contributed by atoms with van der Waals surface area (Å²) in [6.07, 6.45) is 3.27. The largest absolute Gasteiger partial charge is 0.315 e. The van der Waals surface area contributed by atoms with Gasteiger partial charge < -0.3 is 9.08 Å². The van der Waals surface area contributed by atoms with E-state index in [4.69, 9.17) is 4.18 Å². The standard InChI is InChI=1S/C7H15NOS/c1-8-4-3-7(5-8)6-9-10-2/h7H,3-6H2,1-2H3. The molecular formula is C7H15NOS. The summed E-state index contributed by atoms with van der Waals surface area (Å²) in [7, 11) is 2.17. The van der Waals surface area contributed by atoms with Crippen molar-refractivity contribution in [2.24, 2.45) is 5.92 Å². The molecule has 0 bridgehead atoms. The Morgan fingerprint density at radius 1 is 1.70 bits per heavy atom. The first-order valence-electron chi connectivity index (χ1n) is 3.67. The molecule has 0 aromatic carbocycles. The van der Waals surface area contributed by atoms with E-state index < -0.39 is 0 Å². The maximum Gasteiger partial charge on any atom is 0.0654 e. The zero-order valence-electron chi connectivity index (χ0n) is 6.67. The average molecular weight is 161 g/mol. The van der Waals surface area contributed by atoms with Crippen molar-refractivity contribution < 1.29 is 4.18 Å². The van der Waals surface area contributed by atoms with E-state index in [1.165, 1.54) is 31.6 Å². The molecule has 10 heavy (non-hydrogen) atoms. The van der Waals surface area contributed by atoms with Gasteiger partial charge in [0, 0.05) is 12.8 Å². The second-order valence-electron chi connectivity index (χ2n) is 2.87. The summed E-state index contributed by atoms with van der Waals surface area (Å²) in [5.74, 6) is 0.775. The van der Waals surface area contributed by atoms with Crippen LogP contribution >= 0.6 is 12.0 Å². The molecule has 3 heteroatoms. The summed E-state index contributed by atoms with van der Waals surface area (Å²) in [5, 5.41) is 0. The van der Waals surface area contributed by atoms with Crippen molar-refractivity contribution in [3.8, 4) is 0 Å². The Kier molecular flexibility index (Phi) is 3.52. The number of rotatable bonds is 3. The van der Waals surface area contributed by atoms with Crippen LogP contribution in [-0.4, -0.2) is 37.9 Å². The first kappa shape index (κ1) is 8.37. The number of hydrogen-bond acceptors (Lipinski definition) is 3. The number of likely N-dealkylation sites (tertiary alicyclic amines) is 1. The molecule has 1 unspecified atom stereocenters. The van der Waals surface area contributed by atoms with Crippen molar-refractivity contribution in [1.29, 1.82) is 0 Å². The summed E-state index contributed by atoms with van der Waals surface area (Å²) in [6.45, 7) is 3.37. The molecule has 0 aliphatic carbocycles. The maximum absolute atomic E-state index is 5.26. The van der Waals surface area contributed by atoms with E-state index >= 15 is 0 Å². The topological polar surface area (TPSA) is 12.5 Å². The zero-order chi connectivity index (χ0) is 7.40. The molecule has 0 spiro atoms. The first-order valence-corrected chi connectivity index (χ1v) is 4.82. The predicted octanol–water partition coefficient (Wildman–Crippen LogP) is 1.23. The lowest BCUT2D eigenvalue weighted by molar-refractivity contribution is 0.285. The van der Waals surface area contributed by atoms with Gasteiger partial charge in [-0.2, -0.15) is 0 Å². The fourth-order valence-electron chi connectivity index (χ4n) is 1.33. The van der Waals surface area contributed by atoms with Gasteiger partial charge >= 0.3 is 0 Å².